The number of aliphatic hydroxyl groups is 1. The van der Waals surface area contributed by atoms with E-state index in [-0.39, 0.29) is 0 Å². The Morgan fingerprint density at radius 3 is 2.21 bits per heavy atom. The Labute approximate surface area is 88.3 Å². The lowest BCUT2D eigenvalue weighted by Gasteiger charge is -2.38. The Balaban J connectivity index is 2.46. The minimum atomic E-state index is -0.390. The van der Waals surface area contributed by atoms with E-state index in [1.807, 2.05) is 0 Å². The van der Waals surface area contributed by atoms with Gasteiger partial charge < -0.3 is 5.11 Å². The second kappa shape index (κ2) is 5.13. The zero-order valence-corrected chi connectivity index (χ0v) is 9.92. The number of nitrogens with zero attached hydrogens (tertiary/aromatic N) is 1. The van der Waals surface area contributed by atoms with E-state index in [2.05, 4.69) is 25.7 Å². The summed E-state index contributed by atoms with van der Waals surface area (Å²) in [5.41, 5.74) is -0.390. The van der Waals surface area contributed by atoms with Crippen LogP contribution in [0.1, 0.15) is 52.9 Å². The van der Waals surface area contributed by atoms with Crippen LogP contribution in [-0.4, -0.2) is 34.7 Å². The Kier molecular flexibility index (Phi) is 4.39. The molecule has 0 aliphatic heterocycles. The molecule has 0 saturated heterocycles. The van der Waals surface area contributed by atoms with Gasteiger partial charge in [-0.1, -0.05) is 26.2 Å². The minimum Gasteiger partial charge on any atom is -0.389 e. The zero-order valence-electron chi connectivity index (χ0n) is 9.92. The first kappa shape index (κ1) is 12.0. The van der Waals surface area contributed by atoms with Crippen molar-refractivity contribution in [2.75, 3.05) is 13.1 Å². The molecule has 2 heteroatoms. The average molecular weight is 199 g/mol. The molecule has 0 unspecified atom stereocenters. The Morgan fingerprint density at radius 2 is 1.79 bits per heavy atom. The van der Waals surface area contributed by atoms with E-state index in [1.54, 1.807) is 0 Å². The van der Waals surface area contributed by atoms with Crippen molar-refractivity contribution < 1.29 is 5.11 Å². The molecule has 1 fully saturated rings. The molecule has 0 spiro atoms. The van der Waals surface area contributed by atoms with Gasteiger partial charge in [0.1, 0.15) is 0 Å². The van der Waals surface area contributed by atoms with Crippen LogP contribution >= 0.6 is 0 Å². The van der Waals surface area contributed by atoms with Gasteiger partial charge >= 0.3 is 0 Å². The van der Waals surface area contributed by atoms with Gasteiger partial charge in [-0.15, -0.1) is 0 Å². The van der Waals surface area contributed by atoms with Crippen molar-refractivity contribution in [2.45, 2.75) is 64.5 Å². The van der Waals surface area contributed by atoms with Gasteiger partial charge in [0.25, 0.3) is 0 Å². The van der Waals surface area contributed by atoms with Crippen molar-refractivity contribution in [3.05, 3.63) is 0 Å². The molecule has 1 aliphatic carbocycles. The lowest BCUT2D eigenvalue weighted by Crippen LogP contribution is -2.46. The topological polar surface area (TPSA) is 23.5 Å². The molecule has 0 amide bonds. The quantitative estimate of drug-likeness (QED) is 0.751. The fourth-order valence-electron chi connectivity index (χ4n) is 2.41. The summed E-state index contributed by atoms with van der Waals surface area (Å²) in [6, 6.07) is 0.547. The van der Waals surface area contributed by atoms with E-state index in [0.29, 0.717) is 6.04 Å². The summed E-state index contributed by atoms with van der Waals surface area (Å²) in [7, 11) is 0. The van der Waals surface area contributed by atoms with Crippen LogP contribution in [0.3, 0.4) is 0 Å². The van der Waals surface area contributed by atoms with Crippen molar-refractivity contribution in [1.29, 1.82) is 0 Å². The van der Waals surface area contributed by atoms with E-state index in [4.69, 9.17) is 0 Å². The fourth-order valence-corrected chi connectivity index (χ4v) is 2.41. The van der Waals surface area contributed by atoms with Crippen molar-refractivity contribution in [3.8, 4) is 0 Å². The third kappa shape index (κ3) is 3.25. The van der Waals surface area contributed by atoms with Crippen LogP contribution in [0.4, 0.5) is 0 Å². The number of hydrogen-bond donors (Lipinski definition) is 1. The van der Waals surface area contributed by atoms with Crippen LogP contribution in [0.15, 0.2) is 0 Å². The molecule has 1 saturated carbocycles. The molecule has 0 radical (unpaired) electrons. The molecule has 1 aliphatic rings. The zero-order chi connectivity index (χ0) is 10.6. The highest BCUT2D eigenvalue weighted by Crippen LogP contribution is 2.29. The van der Waals surface area contributed by atoms with Crippen molar-refractivity contribution in [1.82, 2.24) is 4.90 Å². The van der Waals surface area contributed by atoms with Crippen LogP contribution in [0.2, 0.25) is 0 Å². The van der Waals surface area contributed by atoms with Crippen LogP contribution < -0.4 is 0 Å². The van der Waals surface area contributed by atoms with Gasteiger partial charge in [-0.25, -0.2) is 0 Å². The van der Waals surface area contributed by atoms with Crippen molar-refractivity contribution >= 4 is 0 Å². The van der Waals surface area contributed by atoms with Gasteiger partial charge in [0.2, 0.25) is 0 Å². The van der Waals surface area contributed by atoms with Gasteiger partial charge in [-0.3, -0.25) is 4.90 Å². The van der Waals surface area contributed by atoms with Gasteiger partial charge in [-0.2, -0.15) is 0 Å². The Morgan fingerprint density at radius 1 is 1.21 bits per heavy atom. The Bertz CT molecular complexity index is 162. The number of hydrogen-bond acceptors (Lipinski definition) is 2. The van der Waals surface area contributed by atoms with E-state index in [1.165, 1.54) is 19.3 Å². The van der Waals surface area contributed by atoms with Gasteiger partial charge in [0.15, 0.2) is 0 Å². The maximum atomic E-state index is 10.4. The third-order valence-electron chi connectivity index (χ3n) is 3.42. The molecule has 84 valence electrons. The van der Waals surface area contributed by atoms with Gasteiger partial charge in [0.05, 0.1) is 5.60 Å². The maximum Gasteiger partial charge on any atom is 0.0774 e. The Hall–Kier alpha value is -0.0800. The first-order valence-electron chi connectivity index (χ1n) is 6.04. The summed E-state index contributed by atoms with van der Waals surface area (Å²) in [6.45, 7) is 8.48. The molecule has 0 bridgehead atoms. The molecule has 0 aromatic heterocycles. The van der Waals surface area contributed by atoms with E-state index in [9.17, 15) is 5.11 Å². The number of rotatable bonds is 4. The molecule has 0 heterocycles. The summed E-state index contributed by atoms with van der Waals surface area (Å²) >= 11 is 0. The monoisotopic (exact) mass is 199 g/mol. The summed E-state index contributed by atoms with van der Waals surface area (Å²) < 4.78 is 0. The maximum absolute atomic E-state index is 10.4. The predicted molar refractivity (Wildman–Crippen MR) is 60.4 cm³/mol. The standard InChI is InChI=1S/C12H25NO/c1-4-13(11(2)3)10-12(14)8-6-5-7-9-12/h11,14H,4-10H2,1-3H3. The number of likely N-dealkylation sites (N-methyl/N-ethyl adjacent to an activating group) is 1. The fraction of sp³-hybridized carbons (Fsp3) is 1.00. The molecule has 0 aromatic rings. The lowest BCUT2D eigenvalue weighted by molar-refractivity contribution is -0.0316. The summed E-state index contributed by atoms with van der Waals surface area (Å²) in [6.07, 6.45) is 5.70. The molecule has 1 N–H and O–H groups in total. The normalized spacial score (nSPS) is 21.9. The first-order valence-corrected chi connectivity index (χ1v) is 6.04. The van der Waals surface area contributed by atoms with E-state index < -0.39 is 5.60 Å². The van der Waals surface area contributed by atoms with Crippen molar-refractivity contribution in [3.63, 3.8) is 0 Å². The minimum absolute atomic E-state index is 0.390. The molecule has 14 heavy (non-hydrogen) atoms. The predicted octanol–water partition coefficient (Wildman–Crippen LogP) is 2.41. The summed E-state index contributed by atoms with van der Waals surface area (Å²) in [4.78, 5) is 2.37. The molecular weight excluding hydrogens is 174 g/mol. The third-order valence-corrected chi connectivity index (χ3v) is 3.42. The van der Waals surface area contributed by atoms with Crippen LogP contribution in [-0.2, 0) is 0 Å². The lowest BCUT2D eigenvalue weighted by atomic mass is 9.84. The van der Waals surface area contributed by atoms with E-state index >= 15 is 0 Å². The highest BCUT2D eigenvalue weighted by atomic mass is 16.3. The molecular formula is C12H25NO. The second-order valence-electron chi connectivity index (χ2n) is 4.94. The van der Waals surface area contributed by atoms with Crippen LogP contribution in [0.5, 0.6) is 0 Å². The van der Waals surface area contributed by atoms with E-state index in [0.717, 1.165) is 25.9 Å². The second-order valence-corrected chi connectivity index (χ2v) is 4.94. The molecule has 1 rings (SSSR count). The van der Waals surface area contributed by atoms with Crippen LogP contribution in [0, 0.1) is 0 Å². The smallest absolute Gasteiger partial charge is 0.0774 e. The summed E-state index contributed by atoms with van der Waals surface area (Å²) in [5.74, 6) is 0. The highest BCUT2D eigenvalue weighted by Gasteiger charge is 2.31. The van der Waals surface area contributed by atoms with Crippen molar-refractivity contribution in [2.24, 2.45) is 0 Å². The van der Waals surface area contributed by atoms with Crippen LogP contribution in [0.25, 0.3) is 0 Å². The molecule has 2 nitrogen and oxygen atoms in total. The molecule has 0 atom stereocenters. The largest absolute Gasteiger partial charge is 0.389 e. The average Bonchev–Trinajstić information content (AvgIpc) is 2.15. The SMILES string of the molecule is CCN(CC1(O)CCCCC1)C(C)C. The summed E-state index contributed by atoms with van der Waals surface area (Å²) in [5, 5.41) is 10.4. The van der Waals surface area contributed by atoms with Gasteiger partial charge in [0, 0.05) is 12.6 Å². The first-order chi connectivity index (χ1) is 6.57. The molecule has 0 aromatic carbocycles. The highest BCUT2D eigenvalue weighted by molar-refractivity contribution is 4.86. The van der Waals surface area contributed by atoms with Gasteiger partial charge in [-0.05, 0) is 33.2 Å².